The molecule has 226 valence electrons. The second-order valence-electron chi connectivity index (χ2n) is 12.0. The fourth-order valence-electron chi connectivity index (χ4n) is 6.66. The molecule has 0 N–H and O–H groups in total. The minimum Gasteiger partial charge on any atom is -0.435 e. The third kappa shape index (κ3) is 4.99. The fraction of sp³-hybridized carbons (Fsp3) is 0. The Hall–Kier alpha value is -6.45. The van der Waals surface area contributed by atoms with Crippen molar-refractivity contribution < 1.29 is 4.42 Å². The van der Waals surface area contributed by atoms with Gasteiger partial charge in [-0.3, -0.25) is 0 Å². The summed E-state index contributed by atoms with van der Waals surface area (Å²) in [6, 6.07) is 64.0. The Morgan fingerprint density at radius 3 is 1.46 bits per heavy atom. The van der Waals surface area contributed by atoms with Gasteiger partial charge in [0.05, 0.1) is 0 Å². The molecule has 0 saturated heterocycles. The van der Waals surface area contributed by atoms with E-state index >= 15 is 0 Å². The summed E-state index contributed by atoms with van der Waals surface area (Å²) in [4.78, 5) is 7.38. The molecule has 0 fully saturated rings. The van der Waals surface area contributed by atoms with Crippen LogP contribution in [0.3, 0.4) is 0 Å². The van der Waals surface area contributed by atoms with Gasteiger partial charge in [0.15, 0.2) is 5.58 Å². The predicted molar refractivity (Wildman–Crippen MR) is 200 cm³/mol. The molecule has 0 saturated carbocycles. The van der Waals surface area contributed by atoms with E-state index in [1.54, 1.807) is 0 Å². The zero-order valence-electron chi connectivity index (χ0n) is 26.1. The maximum absolute atomic E-state index is 6.58. The molecule has 8 aromatic carbocycles. The van der Waals surface area contributed by atoms with Crippen LogP contribution in [0.25, 0.3) is 66.4 Å². The lowest BCUT2D eigenvalue weighted by Gasteiger charge is -2.26. The van der Waals surface area contributed by atoms with Crippen molar-refractivity contribution in [3.8, 4) is 33.7 Å². The SMILES string of the molecule is c1ccc(-c2nc3c(-c4ccccc4)ccc(-c4ccc(N(c5ccc6ccccc6c5)c5ccc6ccccc6c5)cc4)c3o2)cc1. The molecule has 9 aromatic rings. The number of rotatable bonds is 6. The van der Waals surface area contributed by atoms with E-state index in [1.807, 2.05) is 36.4 Å². The van der Waals surface area contributed by atoms with Crippen LogP contribution in [-0.4, -0.2) is 4.98 Å². The lowest BCUT2D eigenvalue weighted by Crippen LogP contribution is -2.09. The van der Waals surface area contributed by atoms with Crippen molar-refractivity contribution >= 4 is 49.7 Å². The normalized spacial score (nSPS) is 11.3. The van der Waals surface area contributed by atoms with Gasteiger partial charge in [0.2, 0.25) is 5.89 Å². The van der Waals surface area contributed by atoms with Crippen molar-refractivity contribution in [1.29, 1.82) is 0 Å². The van der Waals surface area contributed by atoms with Crippen LogP contribution >= 0.6 is 0 Å². The highest BCUT2D eigenvalue weighted by molar-refractivity contribution is 6.01. The van der Waals surface area contributed by atoms with Crippen molar-refractivity contribution in [2.45, 2.75) is 0 Å². The van der Waals surface area contributed by atoms with Gasteiger partial charge >= 0.3 is 0 Å². The first-order chi connectivity index (χ1) is 23.8. The van der Waals surface area contributed by atoms with Crippen LogP contribution < -0.4 is 4.90 Å². The second-order valence-corrected chi connectivity index (χ2v) is 12.0. The lowest BCUT2D eigenvalue weighted by atomic mass is 9.98. The second kappa shape index (κ2) is 11.7. The van der Waals surface area contributed by atoms with Crippen LogP contribution in [0.1, 0.15) is 0 Å². The van der Waals surface area contributed by atoms with Gasteiger partial charge in [-0.2, -0.15) is 0 Å². The number of hydrogen-bond acceptors (Lipinski definition) is 3. The van der Waals surface area contributed by atoms with E-state index in [9.17, 15) is 0 Å². The highest BCUT2D eigenvalue weighted by Crippen LogP contribution is 2.41. The standard InChI is InChI=1S/C45H30N2O/c1-3-13-33(14-4-1)41-27-28-42(44-43(41)46-45(48-44)35-15-5-2-6-16-35)34-21-23-38(24-22-34)47(39-25-19-31-11-7-9-17-36(31)29-39)40-26-20-32-12-8-10-18-37(32)30-40/h1-30H. The monoisotopic (exact) mass is 614 g/mol. The van der Waals surface area contributed by atoms with Crippen LogP contribution in [0, 0.1) is 0 Å². The van der Waals surface area contributed by atoms with Crippen LogP contribution in [0.4, 0.5) is 17.1 Å². The van der Waals surface area contributed by atoms with Gasteiger partial charge < -0.3 is 9.32 Å². The number of anilines is 3. The van der Waals surface area contributed by atoms with Gasteiger partial charge in [0, 0.05) is 33.8 Å². The average molecular weight is 615 g/mol. The molecule has 0 atom stereocenters. The summed E-state index contributed by atoms with van der Waals surface area (Å²) in [7, 11) is 0. The zero-order chi connectivity index (χ0) is 31.9. The number of aromatic nitrogens is 1. The van der Waals surface area contributed by atoms with Crippen LogP contribution in [0.5, 0.6) is 0 Å². The molecule has 0 radical (unpaired) electrons. The van der Waals surface area contributed by atoms with Crippen LogP contribution in [-0.2, 0) is 0 Å². The zero-order valence-corrected chi connectivity index (χ0v) is 26.1. The fourth-order valence-corrected chi connectivity index (χ4v) is 6.66. The Morgan fingerprint density at radius 2 is 0.854 bits per heavy atom. The Balaban J connectivity index is 1.18. The molecule has 0 aliphatic rings. The van der Waals surface area contributed by atoms with Crippen LogP contribution in [0.15, 0.2) is 186 Å². The molecule has 0 spiro atoms. The summed E-state index contributed by atoms with van der Waals surface area (Å²) >= 11 is 0. The number of hydrogen-bond donors (Lipinski definition) is 0. The van der Waals surface area contributed by atoms with E-state index in [-0.39, 0.29) is 0 Å². The summed E-state index contributed by atoms with van der Waals surface area (Å²) < 4.78 is 6.58. The van der Waals surface area contributed by atoms with Gasteiger partial charge in [0.1, 0.15) is 5.52 Å². The van der Waals surface area contributed by atoms with Gasteiger partial charge in [-0.25, -0.2) is 4.98 Å². The largest absolute Gasteiger partial charge is 0.435 e. The highest BCUT2D eigenvalue weighted by atomic mass is 16.3. The molecule has 0 bridgehead atoms. The first kappa shape index (κ1) is 27.8. The molecule has 48 heavy (non-hydrogen) atoms. The third-order valence-corrected chi connectivity index (χ3v) is 9.07. The average Bonchev–Trinajstić information content (AvgIpc) is 3.61. The Morgan fingerprint density at radius 1 is 0.375 bits per heavy atom. The number of oxazole rings is 1. The Labute approximate surface area is 279 Å². The molecule has 3 nitrogen and oxygen atoms in total. The van der Waals surface area contributed by atoms with Crippen molar-refractivity contribution in [3.63, 3.8) is 0 Å². The summed E-state index contributed by atoms with van der Waals surface area (Å²) in [6.07, 6.45) is 0. The van der Waals surface area contributed by atoms with Crippen LogP contribution in [0.2, 0.25) is 0 Å². The highest BCUT2D eigenvalue weighted by Gasteiger charge is 2.19. The van der Waals surface area contributed by atoms with E-state index in [4.69, 9.17) is 9.40 Å². The predicted octanol–water partition coefficient (Wildman–Crippen LogP) is 12.6. The smallest absolute Gasteiger partial charge is 0.227 e. The first-order valence-corrected chi connectivity index (χ1v) is 16.2. The summed E-state index contributed by atoms with van der Waals surface area (Å²) in [5.74, 6) is 0.616. The summed E-state index contributed by atoms with van der Waals surface area (Å²) in [5.41, 5.74) is 10.1. The van der Waals surface area contributed by atoms with Gasteiger partial charge in [-0.1, -0.05) is 127 Å². The quantitative estimate of drug-likeness (QED) is 0.187. The molecule has 9 rings (SSSR count). The molecule has 0 aliphatic heterocycles. The lowest BCUT2D eigenvalue weighted by molar-refractivity contribution is 0.621. The molecule has 0 amide bonds. The molecule has 3 heteroatoms. The molecule has 1 heterocycles. The van der Waals surface area contributed by atoms with E-state index in [0.717, 1.165) is 56.0 Å². The number of benzene rings is 8. The maximum atomic E-state index is 6.58. The van der Waals surface area contributed by atoms with E-state index in [0.29, 0.717) is 5.89 Å². The van der Waals surface area contributed by atoms with Crippen molar-refractivity contribution in [1.82, 2.24) is 4.98 Å². The van der Waals surface area contributed by atoms with Gasteiger partial charge in [-0.15, -0.1) is 0 Å². The molecular weight excluding hydrogens is 585 g/mol. The number of fused-ring (bicyclic) bond motifs is 3. The maximum Gasteiger partial charge on any atom is 0.227 e. The van der Waals surface area contributed by atoms with E-state index in [2.05, 4.69) is 150 Å². The minimum atomic E-state index is 0.616. The molecule has 0 aliphatic carbocycles. The van der Waals surface area contributed by atoms with Crippen molar-refractivity contribution in [3.05, 3.63) is 182 Å². The first-order valence-electron chi connectivity index (χ1n) is 16.2. The topological polar surface area (TPSA) is 29.3 Å². The van der Waals surface area contributed by atoms with Gasteiger partial charge in [0.25, 0.3) is 0 Å². The molecule has 0 unspecified atom stereocenters. The minimum absolute atomic E-state index is 0.616. The van der Waals surface area contributed by atoms with E-state index in [1.165, 1.54) is 21.5 Å². The van der Waals surface area contributed by atoms with Crippen molar-refractivity contribution in [2.24, 2.45) is 0 Å². The molecule has 1 aromatic heterocycles. The molecular formula is C45H30N2O. The summed E-state index contributed by atoms with van der Waals surface area (Å²) in [6.45, 7) is 0. The number of nitrogens with zero attached hydrogens (tertiary/aromatic N) is 2. The van der Waals surface area contributed by atoms with Crippen molar-refractivity contribution in [2.75, 3.05) is 4.90 Å². The van der Waals surface area contributed by atoms with Gasteiger partial charge in [-0.05, 0) is 87.3 Å². The summed E-state index contributed by atoms with van der Waals surface area (Å²) in [5, 5.41) is 4.86. The van der Waals surface area contributed by atoms with E-state index < -0.39 is 0 Å². The Bertz CT molecular complexity index is 2470. The third-order valence-electron chi connectivity index (χ3n) is 9.07. The Kier molecular flexibility index (Phi) is 6.80.